The van der Waals surface area contributed by atoms with Gasteiger partial charge in [0, 0.05) is 37.1 Å². The Morgan fingerprint density at radius 2 is 1.88 bits per heavy atom. The molecule has 0 aromatic heterocycles. The van der Waals surface area contributed by atoms with Crippen molar-refractivity contribution in [2.75, 3.05) is 32.8 Å². The van der Waals surface area contributed by atoms with Gasteiger partial charge in [-0.1, -0.05) is 13.8 Å². The van der Waals surface area contributed by atoms with Crippen LogP contribution in [-0.4, -0.2) is 43.6 Å². The van der Waals surface area contributed by atoms with E-state index in [1.165, 1.54) is 0 Å². The molecule has 17 heavy (non-hydrogen) atoms. The molecule has 0 amide bonds. The van der Waals surface area contributed by atoms with Crippen molar-refractivity contribution in [1.82, 2.24) is 5.32 Å². The molecule has 0 saturated carbocycles. The van der Waals surface area contributed by atoms with Crippen LogP contribution in [0.15, 0.2) is 0 Å². The Balaban J connectivity index is 2.32. The summed E-state index contributed by atoms with van der Waals surface area (Å²) in [5, 5.41) is 14.7. The van der Waals surface area contributed by atoms with Gasteiger partial charge >= 0.3 is 0 Å². The molecule has 2 aliphatic rings. The van der Waals surface area contributed by atoms with Gasteiger partial charge in [-0.25, -0.2) is 0 Å². The zero-order chi connectivity index (χ0) is 12.6. The van der Waals surface area contributed by atoms with Crippen molar-refractivity contribution >= 4 is 0 Å². The van der Waals surface area contributed by atoms with Crippen LogP contribution in [0, 0.1) is 10.8 Å². The zero-order valence-electron chi connectivity index (χ0n) is 11.1. The Bertz CT molecular complexity index is 275. The van der Waals surface area contributed by atoms with Gasteiger partial charge in [0.05, 0.1) is 5.60 Å². The number of nitrogens with one attached hydrogen (secondary N) is 1. The molecular weight excluding hydrogens is 216 g/mol. The molecule has 0 aromatic carbocycles. The van der Waals surface area contributed by atoms with Crippen molar-refractivity contribution in [3.05, 3.63) is 0 Å². The minimum absolute atomic E-state index is 0.137. The largest absolute Gasteiger partial charge is 0.389 e. The van der Waals surface area contributed by atoms with Gasteiger partial charge in [0.15, 0.2) is 0 Å². The molecule has 100 valence electrons. The van der Waals surface area contributed by atoms with Crippen LogP contribution >= 0.6 is 0 Å². The summed E-state index contributed by atoms with van der Waals surface area (Å²) in [6, 6.07) is 0. The summed E-state index contributed by atoms with van der Waals surface area (Å²) in [4.78, 5) is 0. The van der Waals surface area contributed by atoms with Gasteiger partial charge in [-0.2, -0.15) is 0 Å². The number of rotatable bonds is 2. The summed E-state index contributed by atoms with van der Waals surface area (Å²) in [5.74, 6) is 0. The van der Waals surface area contributed by atoms with Crippen molar-refractivity contribution in [1.29, 1.82) is 0 Å². The summed E-state index contributed by atoms with van der Waals surface area (Å²) >= 11 is 0. The molecule has 4 N–H and O–H groups in total. The fourth-order valence-electron chi connectivity index (χ4n) is 3.69. The first kappa shape index (κ1) is 13.3. The lowest BCUT2D eigenvalue weighted by Crippen LogP contribution is -2.67. The summed E-state index contributed by atoms with van der Waals surface area (Å²) in [6.07, 6.45) is 2.55. The molecule has 2 heterocycles. The Labute approximate surface area is 104 Å². The van der Waals surface area contributed by atoms with Crippen LogP contribution in [0.1, 0.15) is 33.1 Å². The van der Waals surface area contributed by atoms with E-state index in [1.54, 1.807) is 0 Å². The van der Waals surface area contributed by atoms with E-state index < -0.39 is 5.60 Å². The minimum atomic E-state index is -0.677. The van der Waals surface area contributed by atoms with Crippen LogP contribution in [0.3, 0.4) is 0 Å². The van der Waals surface area contributed by atoms with E-state index >= 15 is 0 Å². The van der Waals surface area contributed by atoms with Crippen molar-refractivity contribution in [3.8, 4) is 0 Å². The second-order valence-corrected chi connectivity index (χ2v) is 6.27. The first-order valence-electron chi connectivity index (χ1n) is 6.68. The third kappa shape index (κ3) is 1.91. The molecule has 4 heteroatoms. The van der Waals surface area contributed by atoms with Gasteiger partial charge in [-0.3, -0.25) is 0 Å². The first-order valence-corrected chi connectivity index (χ1v) is 6.68. The predicted octanol–water partition coefficient (Wildman–Crippen LogP) is 0.492. The zero-order valence-corrected chi connectivity index (χ0v) is 11.1. The lowest BCUT2D eigenvalue weighted by molar-refractivity contribution is -0.200. The number of nitrogens with two attached hydrogens (primary N) is 1. The standard InChI is InChI=1S/C13H26N2O2/c1-11(2)10-15-6-3-13(11,16)12(9-14)4-7-17-8-5-12/h15-16H,3-10,14H2,1-2H3. The van der Waals surface area contributed by atoms with Crippen molar-refractivity contribution in [3.63, 3.8) is 0 Å². The second-order valence-electron chi connectivity index (χ2n) is 6.27. The molecule has 1 atom stereocenters. The fraction of sp³-hybridized carbons (Fsp3) is 1.00. The van der Waals surface area contributed by atoms with E-state index in [2.05, 4.69) is 19.2 Å². The van der Waals surface area contributed by atoms with Crippen molar-refractivity contribution in [2.45, 2.75) is 38.7 Å². The Morgan fingerprint density at radius 3 is 2.41 bits per heavy atom. The molecule has 2 fully saturated rings. The number of ether oxygens (including phenoxy) is 1. The smallest absolute Gasteiger partial charge is 0.0792 e. The molecule has 2 aliphatic heterocycles. The van der Waals surface area contributed by atoms with E-state index in [0.29, 0.717) is 6.54 Å². The van der Waals surface area contributed by atoms with Crippen LogP contribution < -0.4 is 11.1 Å². The highest BCUT2D eigenvalue weighted by molar-refractivity contribution is 5.10. The molecule has 0 radical (unpaired) electrons. The Hall–Kier alpha value is -0.160. The molecule has 0 aromatic rings. The second kappa shape index (κ2) is 4.50. The maximum Gasteiger partial charge on any atom is 0.0792 e. The summed E-state index contributed by atoms with van der Waals surface area (Å²) in [6.45, 7) is 8.02. The van der Waals surface area contributed by atoms with Crippen LogP contribution in [-0.2, 0) is 4.74 Å². The van der Waals surface area contributed by atoms with Gasteiger partial charge in [0.1, 0.15) is 0 Å². The van der Waals surface area contributed by atoms with E-state index in [0.717, 1.165) is 45.6 Å². The van der Waals surface area contributed by atoms with E-state index in [1.807, 2.05) is 0 Å². The lowest BCUT2D eigenvalue weighted by Gasteiger charge is -2.58. The molecule has 0 spiro atoms. The SMILES string of the molecule is CC1(C)CNCCC1(O)C1(CN)CCOCC1. The van der Waals surface area contributed by atoms with Crippen LogP contribution in [0.5, 0.6) is 0 Å². The van der Waals surface area contributed by atoms with E-state index in [-0.39, 0.29) is 10.8 Å². The highest BCUT2D eigenvalue weighted by Crippen LogP contribution is 2.52. The minimum Gasteiger partial charge on any atom is -0.389 e. The Kier molecular flexibility index (Phi) is 3.51. The Morgan fingerprint density at radius 1 is 1.24 bits per heavy atom. The van der Waals surface area contributed by atoms with Gasteiger partial charge < -0.3 is 20.9 Å². The lowest BCUT2D eigenvalue weighted by atomic mass is 9.54. The molecule has 0 bridgehead atoms. The number of hydrogen-bond acceptors (Lipinski definition) is 4. The van der Waals surface area contributed by atoms with Crippen LogP contribution in [0.25, 0.3) is 0 Å². The van der Waals surface area contributed by atoms with Crippen molar-refractivity contribution < 1.29 is 9.84 Å². The van der Waals surface area contributed by atoms with Gasteiger partial charge in [0.25, 0.3) is 0 Å². The summed E-state index contributed by atoms with van der Waals surface area (Å²) in [7, 11) is 0. The average Bonchev–Trinajstić information content (AvgIpc) is 2.33. The number of aliphatic hydroxyl groups is 1. The third-order valence-electron chi connectivity index (χ3n) is 5.07. The van der Waals surface area contributed by atoms with Gasteiger partial charge in [-0.05, 0) is 25.8 Å². The molecular formula is C13H26N2O2. The first-order chi connectivity index (χ1) is 7.97. The molecule has 2 saturated heterocycles. The van der Waals surface area contributed by atoms with Gasteiger partial charge in [-0.15, -0.1) is 0 Å². The fourth-order valence-corrected chi connectivity index (χ4v) is 3.69. The number of piperidine rings is 1. The van der Waals surface area contributed by atoms with E-state index in [9.17, 15) is 5.11 Å². The molecule has 2 rings (SSSR count). The topological polar surface area (TPSA) is 67.5 Å². The van der Waals surface area contributed by atoms with Gasteiger partial charge in [0.2, 0.25) is 0 Å². The molecule has 1 unspecified atom stereocenters. The van der Waals surface area contributed by atoms with Crippen LogP contribution in [0.2, 0.25) is 0 Å². The molecule has 0 aliphatic carbocycles. The van der Waals surface area contributed by atoms with Crippen LogP contribution in [0.4, 0.5) is 0 Å². The predicted molar refractivity (Wildman–Crippen MR) is 67.8 cm³/mol. The monoisotopic (exact) mass is 242 g/mol. The molecule has 4 nitrogen and oxygen atoms in total. The average molecular weight is 242 g/mol. The van der Waals surface area contributed by atoms with E-state index in [4.69, 9.17) is 10.5 Å². The van der Waals surface area contributed by atoms with Crippen molar-refractivity contribution in [2.24, 2.45) is 16.6 Å². The normalized spacial score (nSPS) is 36.7. The maximum atomic E-state index is 11.3. The quantitative estimate of drug-likeness (QED) is 0.659. The maximum absolute atomic E-state index is 11.3. The highest BCUT2D eigenvalue weighted by Gasteiger charge is 2.58. The number of hydrogen-bond donors (Lipinski definition) is 3. The summed E-state index contributed by atoms with van der Waals surface area (Å²) in [5.41, 5.74) is 5.06. The highest BCUT2D eigenvalue weighted by atomic mass is 16.5. The third-order valence-corrected chi connectivity index (χ3v) is 5.07. The summed E-state index contributed by atoms with van der Waals surface area (Å²) < 4.78 is 5.45.